The van der Waals surface area contributed by atoms with E-state index in [-0.39, 0.29) is 4.90 Å². The molecule has 6 nitrogen and oxygen atoms in total. The first kappa shape index (κ1) is 21.8. The van der Waals surface area contributed by atoms with Crippen molar-refractivity contribution in [3.8, 4) is 0 Å². The molecule has 0 saturated carbocycles. The van der Waals surface area contributed by atoms with Crippen molar-refractivity contribution in [2.75, 3.05) is 44.1 Å². The van der Waals surface area contributed by atoms with Gasteiger partial charge in [-0.2, -0.15) is 0 Å². The molecular weight excluding hydrogens is 426 g/mol. The van der Waals surface area contributed by atoms with Crippen molar-refractivity contribution in [2.24, 2.45) is 0 Å². The highest BCUT2D eigenvalue weighted by Crippen LogP contribution is 2.34. The molecule has 29 heavy (non-hydrogen) atoms. The van der Waals surface area contributed by atoms with Crippen molar-refractivity contribution >= 4 is 54.2 Å². The summed E-state index contributed by atoms with van der Waals surface area (Å²) in [6.45, 7) is 0.965. The van der Waals surface area contributed by atoms with Crippen LogP contribution in [0, 0.1) is 0 Å². The minimum atomic E-state index is -3.73. The number of carbonyl (C=O) groups excluding carboxylic acids is 1. The third-order valence-electron chi connectivity index (χ3n) is 4.31. The maximum absolute atomic E-state index is 13.1. The van der Waals surface area contributed by atoms with Gasteiger partial charge in [-0.25, -0.2) is 13.4 Å². The molecule has 0 atom stereocenters. The third kappa shape index (κ3) is 5.16. The highest BCUT2D eigenvalue weighted by Gasteiger charge is 2.26. The monoisotopic (exact) mass is 449 g/mol. The topological polar surface area (TPSA) is 70.6 Å². The number of likely N-dealkylation sites (N-methyl/N-ethyl adjacent to an activating group) is 1. The van der Waals surface area contributed by atoms with Crippen LogP contribution in [-0.2, 0) is 14.6 Å². The van der Waals surface area contributed by atoms with Gasteiger partial charge in [0.2, 0.25) is 5.91 Å². The molecule has 0 aliphatic carbocycles. The van der Waals surface area contributed by atoms with Gasteiger partial charge in [0.05, 0.1) is 15.1 Å². The number of thioether (sulfide) groups is 1. The van der Waals surface area contributed by atoms with Gasteiger partial charge >= 0.3 is 0 Å². The van der Waals surface area contributed by atoms with Gasteiger partial charge < -0.3 is 4.90 Å². The summed E-state index contributed by atoms with van der Waals surface area (Å²) in [6.07, 6.45) is 1.98. The number of rotatable bonds is 8. The Labute approximate surface area is 179 Å². The Kier molecular flexibility index (Phi) is 6.94. The summed E-state index contributed by atoms with van der Waals surface area (Å²) in [7, 11) is 0.0945. The summed E-state index contributed by atoms with van der Waals surface area (Å²) in [6, 6.07) is 14.0. The summed E-state index contributed by atoms with van der Waals surface area (Å²) < 4.78 is 26.4. The number of para-hydroxylation sites is 1. The molecule has 9 heteroatoms. The molecule has 1 amide bonds. The SMILES string of the molecule is CSc1cccc2sc(N(CCN(C)C)C(=O)CS(=O)(=O)c3ccccc3)nc12. The number of fused-ring (bicyclic) bond motifs is 1. The molecule has 0 bridgehead atoms. The van der Waals surface area contributed by atoms with E-state index >= 15 is 0 Å². The molecule has 0 radical (unpaired) electrons. The van der Waals surface area contributed by atoms with Gasteiger partial charge in [-0.3, -0.25) is 9.69 Å². The van der Waals surface area contributed by atoms with Crippen molar-refractivity contribution in [1.29, 1.82) is 0 Å². The molecule has 0 unspecified atom stereocenters. The Hall–Kier alpha value is -1.94. The van der Waals surface area contributed by atoms with Crippen molar-refractivity contribution in [3.05, 3.63) is 48.5 Å². The second kappa shape index (κ2) is 9.25. The Morgan fingerprint density at radius 3 is 2.45 bits per heavy atom. The predicted molar refractivity (Wildman–Crippen MR) is 121 cm³/mol. The maximum Gasteiger partial charge on any atom is 0.244 e. The molecule has 1 heterocycles. The maximum atomic E-state index is 13.1. The lowest BCUT2D eigenvalue weighted by Crippen LogP contribution is -2.40. The summed E-state index contributed by atoms with van der Waals surface area (Å²) in [5, 5.41) is 0.525. The van der Waals surface area contributed by atoms with Crippen LogP contribution in [0.5, 0.6) is 0 Å². The number of hydrogen-bond donors (Lipinski definition) is 0. The zero-order chi connectivity index (χ0) is 21.0. The zero-order valence-electron chi connectivity index (χ0n) is 16.5. The van der Waals surface area contributed by atoms with Crippen LogP contribution in [0.4, 0.5) is 5.13 Å². The molecule has 2 aromatic carbocycles. The van der Waals surface area contributed by atoms with Gasteiger partial charge in [0.25, 0.3) is 0 Å². The molecule has 0 spiro atoms. The molecule has 0 N–H and O–H groups in total. The summed E-state index contributed by atoms with van der Waals surface area (Å²) in [5.74, 6) is -1.06. The van der Waals surface area contributed by atoms with Gasteiger partial charge in [-0.15, -0.1) is 11.8 Å². The lowest BCUT2D eigenvalue weighted by molar-refractivity contribution is -0.116. The molecule has 1 aromatic heterocycles. The van der Waals surface area contributed by atoms with Crippen LogP contribution in [0.3, 0.4) is 0 Å². The van der Waals surface area contributed by atoms with Gasteiger partial charge in [-0.05, 0) is 44.6 Å². The van der Waals surface area contributed by atoms with Gasteiger partial charge in [0, 0.05) is 18.0 Å². The quantitative estimate of drug-likeness (QED) is 0.491. The van der Waals surface area contributed by atoms with E-state index < -0.39 is 21.5 Å². The highest BCUT2D eigenvalue weighted by molar-refractivity contribution is 7.98. The summed E-state index contributed by atoms with van der Waals surface area (Å²) in [5.41, 5.74) is 0.841. The Balaban J connectivity index is 1.94. The van der Waals surface area contributed by atoms with E-state index in [2.05, 4.69) is 4.98 Å². The second-order valence-electron chi connectivity index (χ2n) is 6.72. The van der Waals surface area contributed by atoms with Crippen molar-refractivity contribution < 1.29 is 13.2 Å². The fourth-order valence-electron chi connectivity index (χ4n) is 2.77. The fourth-order valence-corrected chi connectivity index (χ4v) is 5.65. The number of benzene rings is 2. The molecule has 3 rings (SSSR count). The van der Waals surface area contributed by atoms with Crippen LogP contribution in [0.2, 0.25) is 0 Å². The van der Waals surface area contributed by atoms with E-state index in [1.807, 2.05) is 43.5 Å². The molecule has 3 aromatic rings. The normalized spacial score (nSPS) is 11.9. The Bertz CT molecular complexity index is 1100. The first-order valence-corrected chi connectivity index (χ1v) is 12.7. The van der Waals surface area contributed by atoms with E-state index in [0.29, 0.717) is 18.2 Å². The number of hydrogen-bond acceptors (Lipinski definition) is 7. The van der Waals surface area contributed by atoms with Crippen LogP contribution >= 0.6 is 23.1 Å². The largest absolute Gasteiger partial charge is 0.308 e. The Morgan fingerprint density at radius 1 is 1.07 bits per heavy atom. The lowest BCUT2D eigenvalue weighted by Gasteiger charge is -2.22. The van der Waals surface area contributed by atoms with E-state index in [9.17, 15) is 13.2 Å². The van der Waals surface area contributed by atoms with Gasteiger partial charge in [-0.1, -0.05) is 35.6 Å². The molecule has 0 aliphatic heterocycles. The first-order valence-electron chi connectivity index (χ1n) is 8.98. The van der Waals surface area contributed by atoms with Crippen LogP contribution in [0.1, 0.15) is 0 Å². The van der Waals surface area contributed by atoms with Crippen LogP contribution in [-0.4, -0.2) is 63.4 Å². The molecule has 0 saturated heterocycles. The predicted octanol–water partition coefficient (Wildman–Crippen LogP) is 3.39. The van der Waals surface area contributed by atoms with Crippen LogP contribution in [0.15, 0.2) is 58.3 Å². The number of amides is 1. The average molecular weight is 450 g/mol. The van der Waals surface area contributed by atoms with E-state index in [4.69, 9.17) is 0 Å². The zero-order valence-corrected chi connectivity index (χ0v) is 19.0. The molecular formula is C20H23N3O3S3. The molecule has 154 valence electrons. The van der Waals surface area contributed by atoms with Crippen LogP contribution in [0.25, 0.3) is 10.2 Å². The summed E-state index contributed by atoms with van der Waals surface area (Å²) >= 11 is 3.00. The van der Waals surface area contributed by atoms with Crippen LogP contribution < -0.4 is 4.90 Å². The number of anilines is 1. The molecule has 0 aliphatic rings. The van der Waals surface area contributed by atoms with E-state index in [1.54, 1.807) is 30.0 Å². The first-order chi connectivity index (χ1) is 13.8. The Morgan fingerprint density at radius 2 is 1.79 bits per heavy atom. The highest BCUT2D eigenvalue weighted by atomic mass is 32.2. The fraction of sp³-hybridized carbons (Fsp3) is 0.300. The third-order valence-corrected chi connectivity index (χ3v) is 7.74. The smallest absolute Gasteiger partial charge is 0.244 e. The second-order valence-corrected chi connectivity index (χ2v) is 10.6. The number of thiazole rings is 1. The number of nitrogens with zero attached hydrogens (tertiary/aromatic N) is 3. The number of aromatic nitrogens is 1. The van der Waals surface area contributed by atoms with E-state index in [1.165, 1.54) is 28.4 Å². The van der Waals surface area contributed by atoms with Crippen molar-refractivity contribution in [2.45, 2.75) is 9.79 Å². The van der Waals surface area contributed by atoms with Crippen molar-refractivity contribution in [1.82, 2.24) is 9.88 Å². The van der Waals surface area contributed by atoms with Gasteiger partial charge in [0.1, 0.15) is 5.75 Å². The van der Waals surface area contributed by atoms with E-state index in [0.717, 1.165) is 15.1 Å². The minimum absolute atomic E-state index is 0.148. The number of carbonyl (C=O) groups is 1. The van der Waals surface area contributed by atoms with Gasteiger partial charge in [0.15, 0.2) is 15.0 Å². The molecule has 0 fully saturated rings. The lowest BCUT2D eigenvalue weighted by atomic mass is 10.3. The number of sulfone groups is 1. The van der Waals surface area contributed by atoms with Crippen molar-refractivity contribution in [3.63, 3.8) is 0 Å². The minimum Gasteiger partial charge on any atom is -0.308 e. The average Bonchev–Trinajstić information content (AvgIpc) is 3.12. The standard InChI is InChI=1S/C20H23N3O3S3/c1-22(2)12-13-23(18(24)14-29(25,26)15-8-5-4-6-9-15)20-21-19-16(27-3)10-7-11-17(19)28-20/h4-11H,12-14H2,1-3H3. The summed E-state index contributed by atoms with van der Waals surface area (Å²) in [4.78, 5) is 22.4.